The first-order valence-corrected chi connectivity index (χ1v) is 10.1. The molecule has 0 bridgehead atoms. The minimum absolute atomic E-state index is 0.0180. The lowest BCUT2D eigenvalue weighted by molar-refractivity contribution is -0.116. The van der Waals surface area contributed by atoms with E-state index in [-0.39, 0.29) is 23.8 Å². The number of carbonyl (C=O) groups excluding carboxylic acids is 1. The zero-order chi connectivity index (χ0) is 19.4. The van der Waals surface area contributed by atoms with Gasteiger partial charge in [-0.25, -0.2) is 13.1 Å². The molecule has 3 aromatic rings. The van der Waals surface area contributed by atoms with Gasteiger partial charge in [0.05, 0.1) is 16.1 Å². The lowest BCUT2D eigenvalue weighted by atomic mass is 10.1. The van der Waals surface area contributed by atoms with Crippen LogP contribution in [0.15, 0.2) is 59.6 Å². The minimum Gasteiger partial charge on any atom is -0.325 e. The van der Waals surface area contributed by atoms with Gasteiger partial charge in [0, 0.05) is 24.5 Å². The van der Waals surface area contributed by atoms with Crippen molar-refractivity contribution in [1.29, 1.82) is 0 Å². The monoisotopic (exact) mass is 383 g/mol. The molecule has 0 aliphatic carbocycles. The van der Waals surface area contributed by atoms with Crippen molar-refractivity contribution < 1.29 is 13.2 Å². The van der Waals surface area contributed by atoms with E-state index in [1.807, 2.05) is 32.0 Å². The summed E-state index contributed by atoms with van der Waals surface area (Å²) < 4.78 is 27.2. The van der Waals surface area contributed by atoms with Crippen LogP contribution in [0.2, 0.25) is 0 Å². The largest absolute Gasteiger partial charge is 0.325 e. The fraction of sp³-hybridized carbons (Fsp3) is 0.200. The number of nitrogens with zero attached hydrogens (tertiary/aromatic N) is 1. The molecule has 0 fully saturated rings. The Morgan fingerprint density at radius 3 is 2.63 bits per heavy atom. The van der Waals surface area contributed by atoms with Crippen molar-refractivity contribution in [3.8, 4) is 0 Å². The topological polar surface area (TPSA) is 88.2 Å². The van der Waals surface area contributed by atoms with Crippen LogP contribution >= 0.6 is 0 Å². The Morgan fingerprint density at radius 1 is 1.04 bits per heavy atom. The van der Waals surface area contributed by atoms with Crippen LogP contribution in [-0.4, -0.2) is 25.9 Å². The number of sulfonamides is 1. The number of anilines is 1. The van der Waals surface area contributed by atoms with Crippen LogP contribution in [0, 0.1) is 13.8 Å². The van der Waals surface area contributed by atoms with E-state index >= 15 is 0 Å². The molecule has 0 atom stereocenters. The fourth-order valence-electron chi connectivity index (χ4n) is 2.69. The zero-order valence-corrected chi connectivity index (χ0v) is 16.0. The maximum Gasteiger partial charge on any atom is 0.240 e. The number of benzene rings is 2. The van der Waals surface area contributed by atoms with E-state index in [0.717, 1.165) is 22.0 Å². The number of aromatic nitrogens is 1. The fourth-order valence-corrected chi connectivity index (χ4v) is 3.80. The highest BCUT2D eigenvalue weighted by atomic mass is 32.2. The first-order valence-electron chi connectivity index (χ1n) is 8.57. The van der Waals surface area contributed by atoms with Crippen molar-refractivity contribution in [3.05, 3.63) is 65.9 Å². The molecule has 6 nitrogen and oxygen atoms in total. The Morgan fingerprint density at radius 2 is 1.85 bits per heavy atom. The van der Waals surface area contributed by atoms with E-state index in [4.69, 9.17) is 0 Å². The second kappa shape index (κ2) is 7.85. The third kappa shape index (κ3) is 4.50. The van der Waals surface area contributed by atoms with Gasteiger partial charge < -0.3 is 5.32 Å². The van der Waals surface area contributed by atoms with Crippen LogP contribution in [0.3, 0.4) is 0 Å². The van der Waals surface area contributed by atoms with E-state index in [2.05, 4.69) is 15.0 Å². The number of pyridine rings is 1. The van der Waals surface area contributed by atoms with Crippen LogP contribution in [0.1, 0.15) is 17.5 Å². The van der Waals surface area contributed by atoms with E-state index in [0.29, 0.717) is 5.69 Å². The molecule has 0 saturated carbocycles. The van der Waals surface area contributed by atoms with Crippen LogP contribution in [0.25, 0.3) is 10.9 Å². The third-order valence-corrected chi connectivity index (χ3v) is 5.81. The van der Waals surface area contributed by atoms with Crippen molar-refractivity contribution >= 4 is 32.5 Å². The maximum absolute atomic E-state index is 12.4. The van der Waals surface area contributed by atoms with Gasteiger partial charge in [0.25, 0.3) is 0 Å². The molecule has 0 spiro atoms. The van der Waals surface area contributed by atoms with E-state index in [1.54, 1.807) is 36.5 Å². The van der Waals surface area contributed by atoms with Crippen molar-refractivity contribution in [2.45, 2.75) is 25.2 Å². The molecule has 1 amide bonds. The Labute approximate surface area is 158 Å². The quantitative estimate of drug-likeness (QED) is 0.684. The van der Waals surface area contributed by atoms with E-state index in [1.165, 1.54) is 0 Å². The molecule has 0 aliphatic heterocycles. The molecule has 2 N–H and O–H groups in total. The number of hydrogen-bond donors (Lipinski definition) is 2. The molecular weight excluding hydrogens is 362 g/mol. The predicted octanol–water partition coefficient (Wildman–Crippen LogP) is 3.16. The average molecular weight is 383 g/mol. The van der Waals surface area contributed by atoms with E-state index in [9.17, 15) is 13.2 Å². The summed E-state index contributed by atoms with van der Waals surface area (Å²) in [5.74, 6) is -0.269. The number of hydrogen-bond acceptors (Lipinski definition) is 4. The average Bonchev–Trinajstić information content (AvgIpc) is 2.64. The van der Waals surface area contributed by atoms with Gasteiger partial charge >= 0.3 is 0 Å². The van der Waals surface area contributed by atoms with Gasteiger partial charge in [0.2, 0.25) is 15.9 Å². The summed E-state index contributed by atoms with van der Waals surface area (Å²) in [6.07, 6.45) is 1.72. The third-order valence-electron chi connectivity index (χ3n) is 4.35. The lowest BCUT2D eigenvalue weighted by Crippen LogP contribution is -2.28. The van der Waals surface area contributed by atoms with E-state index < -0.39 is 10.0 Å². The second-order valence-electron chi connectivity index (χ2n) is 6.32. The Hall–Kier alpha value is -2.77. The first kappa shape index (κ1) is 19.0. The molecule has 1 aromatic heterocycles. The van der Waals surface area contributed by atoms with Crippen molar-refractivity contribution in [1.82, 2.24) is 9.71 Å². The number of amides is 1. The van der Waals surface area contributed by atoms with Crippen molar-refractivity contribution in [3.63, 3.8) is 0 Å². The molecule has 7 heteroatoms. The molecule has 27 heavy (non-hydrogen) atoms. The highest BCUT2D eigenvalue weighted by Crippen LogP contribution is 2.21. The molecule has 0 radical (unpaired) electrons. The first-order chi connectivity index (χ1) is 12.9. The molecule has 0 aliphatic rings. The van der Waals surface area contributed by atoms with Crippen LogP contribution in [0.4, 0.5) is 5.69 Å². The Kier molecular flexibility index (Phi) is 5.53. The zero-order valence-electron chi connectivity index (χ0n) is 15.2. The highest BCUT2D eigenvalue weighted by Gasteiger charge is 2.15. The van der Waals surface area contributed by atoms with Gasteiger partial charge in [0.15, 0.2) is 0 Å². The number of rotatable bonds is 6. The summed E-state index contributed by atoms with van der Waals surface area (Å²) >= 11 is 0. The van der Waals surface area contributed by atoms with Gasteiger partial charge in [-0.15, -0.1) is 0 Å². The SMILES string of the molecule is Cc1ccc(S(=O)(=O)NCCC(=O)Nc2cccc3ncccc23)cc1C. The number of carbonyl (C=O) groups is 1. The van der Waals surface area contributed by atoms with Crippen molar-refractivity contribution in [2.24, 2.45) is 0 Å². The maximum atomic E-state index is 12.4. The summed E-state index contributed by atoms with van der Waals surface area (Å²) in [5, 5.41) is 3.65. The summed E-state index contributed by atoms with van der Waals surface area (Å²) in [7, 11) is -3.64. The molecule has 0 saturated heterocycles. The number of nitrogens with one attached hydrogen (secondary N) is 2. The van der Waals surface area contributed by atoms with Gasteiger partial charge in [-0.05, 0) is 61.4 Å². The second-order valence-corrected chi connectivity index (χ2v) is 8.08. The van der Waals surface area contributed by atoms with Gasteiger partial charge in [-0.1, -0.05) is 12.1 Å². The molecular formula is C20H21N3O3S. The van der Waals surface area contributed by atoms with Crippen molar-refractivity contribution in [2.75, 3.05) is 11.9 Å². The Bertz CT molecular complexity index is 1090. The summed E-state index contributed by atoms with van der Waals surface area (Å²) in [6.45, 7) is 3.80. The molecule has 2 aromatic carbocycles. The lowest BCUT2D eigenvalue weighted by Gasteiger charge is -2.10. The van der Waals surface area contributed by atoms with Gasteiger partial charge in [-0.2, -0.15) is 0 Å². The summed E-state index contributed by atoms with van der Waals surface area (Å²) in [5.41, 5.74) is 3.37. The number of aryl methyl sites for hydroxylation is 2. The summed E-state index contributed by atoms with van der Waals surface area (Å²) in [6, 6.07) is 14.1. The molecule has 1 heterocycles. The minimum atomic E-state index is -3.64. The molecule has 140 valence electrons. The summed E-state index contributed by atoms with van der Waals surface area (Å²) in [4.78, 5) is 16.7. The Balaban J connectivity index is 1.61. The smallest absolute Gasteiger partial charge is 0.240 e. The van der Waals surface area contributed by atoms with Gasteiger partial charge in [0.1, 0.15) is 0 Å². The van der Waals surface area contributed by atoms with Gasteiger partial charge in [-0.3, -0.25) is 9.78 Å². The molecule has 0 unspecified atom stereocenters. The normalized spacial score (nSPS) is 11.5. The predicted molar refractivity (Wildman–Crippen MR) is 106 cm³/mol. The number of fused-ring (bicyclic) bond motifs is 1. The highest BCUT2D eigenvalue weighted by molar-refractivity contribution is 7.89. The van der Waals surface area contributed by atoms with Crippen LogP contribution < -0.4 is 10.0 Å². The van der Waals surface area contributed by atoms with Crippen LogP contribution in [-0.2, 0) is 14.8 Å². The van der Waals surface area contributed by atoms with Crippen LogP contribution in [0.5, 0.6) is 0 Å². The molecule has 3 rings (SSSR count). The standard InChI is InChI=1S/C20H21N3O3S/c1-14-8-9-16(13-15(14)2)27(25,26)22-12-10-20(24)23-19-7-3-6-18-17(19)5-4-11-21-18/h3-9,11,13,22H,10,12H2,1-2H3,(H,23,24).